The summed E-state index contributed by atoms with van der Waals surface area (Å²) in [5.74, 6) is -0.366. The summed E-state index contributed by atoms with van der Waals surface area (Å²) < 4.78 is 12.9. The van der Waals surface area contributed by atoms with Crippen LogP contribution in [-0.4, -0.2) is 12.5 Å². The Labute approximate surface area is 143 Å². The highest BCUT2D eigenvalue weighted by Crippen LogP contribution is 2.23. The summed E-state index contributed by atoms with van der Waals surface area (Å²) >= 11 is 0. The average molecular weight is 328 g/mol. The van der Waals surface area contributed by atoms with E-state index in [1.54, 1.807) is 12.1 Å². The van der Waals surface area contributed by atoms with E-state index in [2.05, 4.69) is 31.4 Å². The molecule has 0 spiro atoms. The van der Waals surface area contributed by atoms with Gasteiger partial charge in [-0.2, -0.15) is 0 Å². The topological polar surface area (TPSA) is 41.1 Å². The van der Waals surface area contributed by atoms with Crippen molar-refractivity contribution in [2.75, 3.05) is 11.9 Å². The molecule has 1 atom stereocenters. The maximum absolute atomic E-state index is 12.9. The van der Waals surface area contributed by atoms with Crippen LogP contribution in [0.15, 0.2) is 48.5 Å². The number of halogens is 1. The van der Waals surface area contributed by atoms with Crippen LogP contribution in [0.1, 0.15) is 44.9 Å². The van der Waals surface area contributed by atoms with Crippen LogP contribution in [0.5, 0.6) is 0 Å². The van der Waals surface area contributed by atoms with Gasteiger partial charge >= 0.3 is 0 Å². The van der Waals surface area contributed by atoms with Crippen molar-refractivity contribution in [1.29, 1.82) is 0 Å². The molecular formula is C20H25FN2O. The monoisotopic (exact) mass is 328 g/mol. The summed E-state index contributed by atoms with van der Waals surface area (Å²) in [6.45, 7) is 8.60. The molecule has 128 valence electrons. The van der Waals surface area contributed by atoms with Crippen molar-refractivity contribution in [2.45, 2.75) is 39.2 Å². The molecule has 2 aromatic carbocycles. The molecule has 0 saturated carbocycles. The zero-order valence-corrected chi connectivity index (χ0v) is 14.7. The lowest BCUT2D eigenvalue weighted by atomic mass is 9.87. The molecule has 24 heavy (non-hydrogen) atoms. The summed E-state index contributed by atoms with van der Waals surface area (Å²) in [5, 5.41) is 6.01. The van der Waals surface area contributed by atoms with E-state index >= 15 is 0 Å². The second kappa shape index (κ2) is 7.58. The van der Waals surface area contributed by atoms with Crippen molar-refractivity contribution < 1.29 is 9.18 Å². The molecule has 3 nitrogen and oxygen atoms in total. The third-order valence-electron chi connectivity index (χ3n) is 3.97. The molecule has 1 amide bonds. The lowest BCUT2D eigenvalue weighted by Crippen LogP contribution is -2.30. The summed E-state index contributed by atoms with van der Waals surface area (Å²) in [4.78, 5) is 12.1. The van der Waals surface area contributed by atoms with Crippen molar-refractivity contribution in [3.8, 4) is 0 Å². The summed E-state index contributed by atoms with van der Waals surface area (Å²) in [6, 6.07) is 14.2. The Morgan fingerprint density at radius 2 is 1.62 bits per heavy atom. The van der Waals surface area contributed by atoms with Crippen LogP contribution in [0.3, 0.4) is 0 Å². The Hall–Kier alpha value is -2.20. The summed E-state index contributed by atoms with van der Waals surface area (Å²) in [7, 11) is 0. The zero-order chi connectivity index (χ0) is 17.7. The molecule has 0 aliphatic heterocycles. The number of benzene rings is 2. The Bertz CT molecular complexity index is 672. The number of carbonyl (C=O) groups is 1. The van der Waals surface area contributed by atoms with E-state index in [-0.39, 0.29) is 29.7 Å². The van der Waals surface area contributed by atoms with Crippen LogP contribution >= 0.6 is 0 Å². The molecule has 0 aromatic heterocycles. The minimum atomic E-state index is -0.262. The van der Waals surface area contributed by atoms with Crippen molar-refractivity contribution in [3.63, 3.8) is 0 Å². The minimum absolute atomic E-state index is 0.0281. The van der Waals surface area contributed by atoms with Crippen molar-refractivity contribution in [2.24, 2.45) is 0 Å². The molecular weight excluding hydrogens is 303 g/mol. The molecule has 2 rings (SSSR count). The van der Waals surface area contributed by atoms with Gasteiger partial charge in [0.1, 0.15) is 5.82 Å². The largest absolute Gasteiger partial charge is 0.325 e. The quantitative estimate of drug-likeness (QED) is 0.853. The highest BCUT2D eigenvalue weighted by molar-refractivity contribution is 5.92. The smallest absolute Gasteiger partial charge is 0.238 e. The van der Waals surface area contributed by atoms with Gasteiger partial charge in [0.2, 0.25) is 5.91 Å². The third kappa shape index (κ3) is 5.17. The second-order valence-corrected chi connectivity index (χ2v) is 7.03. The third-order valence-corrected chi connectivity index (χ3v) is 3.97. The van der Waals surface area contributed by atoms with Crippen LogP contribution in [-0.2, 0) is 10.2 Å². The zero-order valence-electron chi connectivity index (χ0n) is 14.7. The molecule has 0 aliphatic rings. The van der Waals surface area contributed by atoms with Crippen LogP contribution in [0.25, 0.3) is 0 Å². The average Bonchev–Trinajstić information content (AvgIpc) is 2.53. The fraction of sp³-hybridized carbons (Fsp3) is 0.350. The van der Waals surface area contributed by atoms with Gasteiger partial charge in [0, 0.05) is 11.7 Å². The van der Waals surface area contributed by atoms with Gasteiger partial charge < -0.3 is 10.6 Å². The first-order chi connectivity index (χ1) is 11.3. The maximum atomic E-state index is 12.9. The lowest BCUT2D eigenvalue weighted by Gasteiger charge is -2.19. The van der Waals surface area contributed by atoms with E-state index in [1.807, 2.05) is 31.2 Å². The second-order valence-electron chi connectivity index (χ2n) is 7.03. The van der Waals surface area contributed by atoms with Gasteiger partial charge in [-0.3, -0.25) is 4.79 Å². The first kappa shape index (κ1) is 18.1. The summed E-state index contributed by atoms with van der Waals surface area (Å²) in [6.07, 6.45) is 0. The van der Waals surface area contributed by atoms with Gasteiger partial charge in [-0.05, 0) is 47.7 Å². The number of amides is 1. The van der Waals surface area contributed by atoms with Crippen LogP contribution in [0, 0.1) is 5.82 Å². The van der Waals surface area contributed by atoms with Crippen molar-refractivity contribution >= 4 is 11.6 Å². The van der Waals surface area contributed by atoms with Gasteiger partial charge in [-0.25, -0.2) is 4.39 Å². The predicted octanol–water partition coefficient (Wildman–Crippen LogP) is 4.41. The first-order valence-corrected chi connectivity index (χ1v) is 8.15. The molecule has 0 radical (unpaired) electrons. The standard InChI is InChI=1S/C20H25FN2O/c1-14(15-5-9-17(21)10-6-15)22-13-19(24)23-18-11-7-16(8-12-18)20(2,3)4/h5-12,14,22H,13H2,1-4H3,(H,23,24). The summed E-state index contributed by atoms with van der Waals surface area (Å²) in [5.41, 5.74) is 3.04. The van der Waals surface area contributed by atoms with E-state index in [4.69, 9.17) is 0 Å². The highest BCUT2D eigenvalue weighted by atomic mass is 19.1. The van der Waals surface area contributed by atoms with Crippen molar-refractivity contribution in [3.05, 3.63) is 65.5 Å². The molecule has 2 aromatic rings. The van der Waals surface area contributed by atoms with E-state index < -0.39 is 0 Å². The SMILES string of the molecule is CC(NCC(=O)Nc1ccc(C(C)(C)C)cc1)c1ccc(F)cc1. The molecule has 4 heteroatoms. The number of anilines is 1. The van der Waals surface area contributed by atoms with Crippen LogP contribution < -0.4 is 10.6 Å². The Morgan fingerprint density at radius 1 is 1.04 bits per heavy atom. The van der Waals surface area contributed by atoms with Gasteiger partial charge in [0.15, 0.2) is 0 Å². The van der Waals surface area contributed by atoms with E-state index in [9.17, 15) is 9.18 Å². The molecule has 0 fully saturated rings. The van der Waals surface area contributed by atoms with Crippen LogP contribution in [0.2, 0.25) is 0 Å². The van der Waals surface area contributed by atoms with Gasteiger partial charge in [-0.15, -0.1) is 0 Å². The Kier molecular flexibility index (Phi) is 5.73. The first-order valence-electron chi connectivity index (χ1n) is 8.15. The van der Waals surface area contributed by atoms with Crippen molar-refractivity contribution in [1.82, 2.24) is 5.32 Å². The molecule has 2 N–H and O–H groups in total. The number of rotatable bonds is 5. The fourth-order valence-corrected chi connectivity index (χ4v) is 2.37. The predicted molar refractivity (Wildman–Crippen MR) is 96.6 cm³/mol. The number of hydrogen-bond acceptors (Lipinski definition) is 2. The normalized spacial score (nSPS) is 12.7. The number of carbonyl (C=O) groups excluding carboxylic acids is 1. The maximum Gasteiger partial charge on any atom is 0.238 e. The fourth-order valence-electron chi connectivity index (χ4n) is 2.37. The Balaban J connectivity index is 1.86. The number of nitrogens with one attached hydrogen (secondary N) is 2. The molecule has 0 bridgehead atoms. The van der Waals surface area contributed by atoms with E-state index in [0.717, 1.165) is 11.3 Å². The van der Waals surface area contributed by atoms with Gasteiger partial charge in [-0.1, -0.05) is 45.0 Å². The molecule has 0 aliphatic carbocycles. The molecule has 1 unspecified atom stereocenters. The van der Waals surface area contributed by atoms with Gasteiger partial charge in [0.25, 0.3) is 0 Å². The molecule has 0 saturated heterocycles. The highest BCUT2D eigenvalue weighted by Gasteiger charge is 2.13. The van der Waals surface area contributed by atoms with E-state index in [0.29, 0.717) is 0 Å². The van der Waals surface area contributed by atoms with E-state index in [1.165, 1.54) is 17.7 Å². The van der Waals surface area contributed by atoms with Gasteiger partial charge in [0.05, 0.1) is 6.54 Å². The lowest BCUT2D eigenvalue weighted by molar-refractivity contribution is -0.115. The number of hydrogen-bond donors (Lipinski definition) is 2. The Morgan fingerprint density at radius 3 is 2.17 bits per heavy atom. The van der Waals surface area contributed by atoms with Crippen LogP contribution in [0.4, 0.5) is 10.1 Å². The minimum Gasteiger partial charge on any atom is -0.325 e. The molecule has 0 heterocycles.